The quantitative estimate of drug-likeness (QED) is 0.668. The fourth-order valence-electron chi connectivity index (χ4n) is 1.75. The van der Waals surface area contributed by atoms with Gasteiger partial charge in [-0.1, -0.05) is 0 Å². The molecule has 0 atom stereocenters. The number of nitrogens with zero attached hydrogens (tertiary/aromatic N) is 3. The molecule has 0 amide bonds. The van der Waals surface area contributed by atoms with E-state index in [1.165, 1.54) is 0 Å². The van der Waals surface area contributed by atoms with Crippen LogP contribution in [-0.4, -0.2) is 14.5 Å². The Bertz CT molecular complexity index is 628. The third kappa shape index (κ3) is 1.32. The van der Waals surface area contributed by atoms with Crippen molar-refractivity contribution >= 4 is 16.7 Å². The van der Waals surface area contributed by atoms with Gasteiger partial charge in [0.2, 0.25) is 0 Å². The maximum absolute atomic E-state index is 5.69. The molecule has 16 heavy (non-hydrogen) atoms. The highest BCUT2D eigenvalue weighted by Crippen LogP contribution is 2.19. The summed E-state index contributed by atoms with van der Waals surface area (Å²) in [4.78, 5) is 8.33. The molecule has 0 bridgehead atoms. The summed E-state index contributed by atoms with van der Waals surface area (Å²) in [6, 6.07) is 7.80. The summed E-state index contributed by atoms with van der Waals surface area (Å²) in [6.45, 7) is 0. The molecule has 0 unspecified atom stereocenters. The van der Waals surface area contributed by atoms with Crippen molar-refractivity contribution in [2.45, 2.75) is 0 Å². The van der Waals surface area contributed by atoms with Crippen molar-refractivity contribution in [3.8, 4) is 5.69 Å². The Morgan fingerprint density at radius 1 is 1.12 bits per heavy atom. The standard InChI is InChI=1S/C12H10N4/c13-10-7-9-3-6-16(12(9)15-8-10)11-1-4-14-5-2-11/h1-8H,13H2. The lowest BCUT2D eigenvalue weighted by molar-refractivity contribution is 1.08. The first-order valence-electron chi connectivity index (χ1n) is 4.97. The summed E-state index contributed by atoms with van der Waals surface area (Å²) in [5, 5.41) is 1.04. The first-order chi connectivity index (χ1) is 7.84. The zero-order chi connectivity index (χ0) is 11.0. The molecule has 4 nitrogen and oxygen atoms in total. The molecular formula is C12H10N4. The number of pyridine rings is 2. The summed E-state index contributed by atoms with van der Waals surface area (Å²) in [6.07, 6.45) is 7.17. The molecule has 0 aliphatic heterocycles. The van der Waals surface area contributed by atoms with Gasteiger partial charge in [-0.2, -0.15) is 0 Å². The number of hydrogen-bond acceptors (Lipinski definition) is 3. The van der Waals surface area contributed by atoms with Crippen LogP contribution in [0.15, 0.2) is 49.1 Å². The van der Waals surface area contributed by atoms with Crippen molar-refractivity contribution in [1.29, 1.82) is 0 Å². The number of nitrogen functional groups attached to an aromatic ring is 1. The van der Waals surface area contributed by atoms with Crippen LogP contribution in [0.4, 0.5) is 5.69 Å². The first kappa shape index (κ1) is 8.91. The van der Waals surface area contributed by atoms with E-state index in [4.69, 9.17) is 5.73 Å². The highest BCUT2D eigenvalue weighted by atomic mass is 15.0. The van der Waals surface area contributed by atoms with Gasteiger partial charge < -0.3 is 10.3 Å². The normalized spacial score (nSPS) is 10.8. The fraction of sp³-hybridized carbons (Fsp3) is 0. The van der Waals surface area contributed by atoms with Crippen molar-refractivity contribution in [3.05, 3.63) is 49.1 Å². The topological polar surface area (TPSA) is 56.7 Å². The second-order valence-corrected chi connectivity index (χ2v) is 3.57. The van der Waals surface area contributed by atoms with Crippen LogP contribution in [0.1, 0.15) is 0 Å². The van der Waals surface area contributed by atoms with Crippen molar-refractivity contribution < 1.29 is 0 Å². The molecule has 3 heterocycles. The van der Waals surface area contributed by atoms with Crippen molar-refractivity contribution in [1.82, 2.24) is 14.5 Å². The van der Waals surface area contributed by atoms with E-state index in [2.05, 4.69) is 9.97 Å². The lowest BCUT2D eigenvalue weighted by Gasteiger charge is -2.03. The smallest absolute Gasteiger partial charge is 0.144 e. The van der Waals surface area contributed by atoms with Gasteiger partial charge in [-0.05, 0) is 24.3 Å². The Morgan fingerprint density at radius 2 is 1.94 bits per heavy atom. The highest BCUT2D eigenvalue weighted by molar-refractivity contribution is 5.80. The molecule has 0 aliphatic carbocycles. The van der Waals surface area contributed by atoms with Crippen LogP contribution in [0.3, 0.4) is 0 Å². The second-order valence-electron chi connectivity index (χ2n) is 3.57. The van der Waals surface area contributed by atoms with Gasteiger partial charge >= 0.3 is 0 Å². The lowest BCUT2D eigenvalue weighted by Crippen LogP contribution is -1.94. The Hall–Kier alpha value is -2.36. The summed E-state index contributed by atoms with van der Waals surface area (Å²) >= 11 is 0. The van der Waals surface area contributed by atoms with Gasteiger partial charge in [-0.25, -0.2) is 4.98 Å². The van der Waals surface area contributed by atoms with E-state index in [1.807, 2.05) is 35.0 Å². The van der Waals surface area contributed by atoms with Gasteiger partial charge in [0, 0.05) is 24.0 Å². The number of anilines is 1. The van der Waals surface area contributed by atoms with E-state index < -0.39 is 0 Å². The van der Waals surface area contributed by atoms with Gasteiger partial charge in [-0.15, -0.1) is 0 Å². The number of hydrogen-bond donors (Lipinski definition) is 1. The first-order valence-corrected chi connectivity index (χ1v) is 4.97. The molecule has 0 fully saturated rings. The number of nitrogens with two attached hydrogens (primary N) is 1. The summed E-state index contributed by atoms with van der Waals surface area (Å²) in [7, 11) is 0. The van der Waals surface area contributed by atoms with Crippen LogP contribution in [0.2, 0.25) is 0 Å². The van der Waals surface area contributed by atoms with E-state index >= 15 is 0 Å². The minimum absolute atomic E-state index is 0.681. The molecule has 3 rings (SSSR count). The Balaban J connectivity index is 2.26. The van der Waals surface area contributed by atoms with Crippen molar-refractivity contribution in [3.63, 3.8) is 0 Å². The highest BCUT2D eigenvalue weighted by Gasteiger charge is 2.03. The van der Waals surface area contributed by atoms with Crippen LogP contribution >= 0.6 is 0 Å². The monoisotopic (exact) mass is 210 g/mol. The summed E-state index contributed by atoms with van der Waals surface area (Å²) in [5.74, 6) is 0. The molecule has 0 saturated heterocycles. The van der Waals surface area contributed by atoms with Gasteiger partial charge in [0.25, 0.3) is 0 Å². The minimum atomic E-state index is 0.681. The number of rotatable bonds is 1. The average Bonchev–Trinajstić information content (AvgIpc) is 2.73. The molecule has 0 radical (unpaired) electrons. The van der Waals surface area contributed by atoms with Gasteiger partial charge in [0.15, 0.2) is 0 Å². The van der Waals surface area contributed by atoms with Gasteiger partial charge in [0.1, 0.15) is 5.65 Å². The predicted molar refractivity (Wildman–Crippen MR) is 63.3 cm³/mol. The Morgan fingerprint density at radius 3 is 2.75 bits per heavy atom. The van der Waals surface area contributed by atoms with E-state index in [0.29, 0.717) is 5.69 Å². The van der Waals surface area contributed by atoms with Crippen LogP contribution in [0, 0.1) is 0 Å². The van der Waals surface area contributed by atoms with E-state index in [-0.39, 0.29) is 0 Å². The molecule has 0 aliphatic rings. The maximum atomic E-state index is 5.69. The molecular weight excluding hydrogens is 200 g/mol. The maximum Gasteiger partial charge on any atom is 0.144 e. The van der Waals surface area contributed by atoms with Crippen molar-refractivity contribution in [2.75, 3.05) is 5.73 Å². The molecule has 2 N–H and O–H groups in total. The molecule has 0 aromatic carbocycles. The zero-order valence-corrected chi connectivity index (χ0v) is 8.54. The fourth-order valence-corrected chi connectivity index (χ4v) is 1.75. The second kappa shape index (κ2) is 3.34. The largest absolute Gasteiger partial charge is 0.397 e. The van der Waals surface area contributed by atoms with Crippen LogP contribution in [0.5, 0.6) is 0 Å². The van der Waals surface area contributed by atoms with Crippen LogP contribution < -0.4 is 5.73 Å². The van der Waals surface area contributed by atoms with E-state index in [1.54, 1.807) is 18.6 Å². The molecule has 3 aromatic heterocycles. The van der Waals surface area contributed by atoms with Crippen LogP contribution in [0.25, 0.3) is 16.7 Å². The molecule has 3 aromatic rings. The SMILES string of the molecule is Nc1cnc2c(ccn2-c2ccncc2)c1. The summed E-state index contributed by atoms with van der Waals surface area (Å²) < 4.78 is 2.01. The Kier molecular flexibility index (Phi) is 1.86. The predicted octanol–water partition coefficient (Wildman–Crippen LogP) is 2.00. The third-order valence-electron chi connectivity index (χ3n) is 2.49. The molecule has 0 saturated carbocycles. The number of fused-ring (bicyclic) bond motifs is 1. The zero-order valence-electron chi connectivity index (χ0n) is 8.54. The van der Waals surface area contributed by atoms with Gasteiger partial charge in [0.05, 0.1) is 17.6 Å². The average molecular weight is 210 g/mol. The summed E-state index contributed by atoms with van der Waals surface area (Å²) in [5.41, 5.74) is 8.32. The van der Waals surface area contributed by atoms with E-state index in [0.717, 1.165) is 16.7 Å². The number of aromatic nitrogens is 3. The van der Waals surface area contributed by atoms with Crippen molar-refractivity contribution in [2.24, 2.45) is 0 Å². The third-order valence-corrected chi connectivity index (χ3v) is 2.49. The van der Waals surface area contributed by atoms with E-state index in [9.17, 15) is 0 Å². The molecule has 4 heteroatoms. The molecule has 78 valence electrons. The van der Waals surface area contributed by atoms with Gasteiger partial charge in [-0.3, -0.25) is 4.98 Å². The minimum Gasteiger partial charge on any atom is -0.397 e. The van der Waals surface area contributed by atoms with Crippen LogP contribution in [-0.2, 0) is 0 Å². The lowest BCUT2D eigenvalue weighted by atomic mass is 10.3. The Labute approximate surface area is 92.4 Å². The molecule has 0 spiro atoms.